The third-order valence-electron chi connectivity index (χ3n) is 4.00. The van der Waals surface area contributed by atoms with Gasteiger partial charge in [-0.3, -0.25) is 0 Å². The Morgan fingerprint density at radius 1 is 1.35 bits per heavy atom. The molecule has 0 radical (unpaired) electrons. The van der Waals surface area contributed by atoms with Crippen molar-refractivity contribution in [3.8, 4) is 5.75 Å². The molecule has 0 saturated carbocycles. The van der Waals surface area contributed by atoms with Gasteiger partial charge in [0, 0.05) is 11.1 Å². The van der Waals surface area contributed by atoms with Crippen molar-refractivity contribution < 1.29 is 14.6 Å². The van der Waals surface area contributed by atoms with Crippen molar-refractivity contribution in [1.29, 1.82) is 0 Å². The molecule has 0 saturated heterocycles. The summed E-state index contributed by atoms with van der Waals surface area (Å²) in [5, 5.41) is 13.8. The molecule has 4 heteroatoms. The Balaban J connectivity index is 1.87. The zero-order valence-corrected chi connectivity index (χ0v) is 11.1. The van der Waals surface area contributed by atoms with Crippen LogP contribution in [0.25, 0.3) is 5.70 Å². The second-order valence-electron chi connectivity index (χ2n) is 5.10. The molecule has 0 aromatic heterocycles. The van der Waals surface area contributed by atoms with E-state index in [1.165, 1.54) is 0 Å². The molecule has 102 valence electrons. The van der Waals surface area contributed by atoms with Gasteiger partial charge in [0.2, 0.25) is 6.29 Å². The highest BCUT2D eigenvalue weighted by Gasteiger charge is 2.39. The standard InChI is InChI=1S/C16H15NO3/c1-19-9-6-7-12-11(8-9)14-15(17-12)10-4-2-3-5-13(10)20-16(14)18/h2-6,8,12,16-18H,7H2,1H3. The highest BCUT2D eigenvalue weighted by molar-refractivity contribution is 5.81. The predicted octanol–water partition coefficient (Wildman–Crippen LogP) is 1.94. The van der Waals surface area contributed by atoms with Crippen LogP contribution in [0, 0.1) is 0 Å². The summed E-state index contributed by atoms with van der Waals surface area (Å²) in [7, 11) is 1.66. The molecule has 0 fully saturated rings. The summed E-state index contributed by atoms with van der Waals surface area (Å²) in [6.07, 6.45) is 3.94. The fourth-order valence-electron chi connectivity index (χ4n) is 3.06. The van der Waals surface area contributed by atoms with E-state index in [0.717, 1.165) is 34.6 Å². The number of benzene rings is 1. The fraction of sp³-hybridized carbons (Fsp3) is 0.250. The predicted molar refractivity (Wildman–Crippen MR) is 74.7 cm³/mol. The van der Waals surface area contributed by atoms with E-state index in [9.17, 15) is 5.11 Å². The number of ether oxygens (including phenoxy) is 2. The molecular weight excluding hydrogens is 254 g/mol. The van der Waals surface area contributed by atoms with E-state index in [2.05, 4.69) is 11.4 Å². The minimum Gasteiger partial charge on any atom is -0.497 e. The molecule has 0 bridgehead atoms. The maximum absolute atomic E-state index is 10.3. The molecule has 0 spiro atoms. The average Bonchev–Trinajstić information content (AvgIpc) is 2.86. The summed E-state index contributed by atoms with van der Waals surface area (Å²) < 4.78 is 10.9. The van der Waals surface area contributed by atoms with E-state index in [0.29, 0.717) is 5.75 Å². The van der Waals surface area contributed by atoms with Gasteiger partial charge in [-0.15, -0.1) is 0 Å². The van der Waals surface area contributed by atoms with Gasteiger partial charge in [-0.25, -0.2) is 0 Å². The summed E-state index contributed by atoms with van der Waals surface area (Å²) in [6.45, 7) is 0. The van der Waals surface area contributed by atoms with Crippen molar-refractivity contribution in [2.45, 2.75) is 18.8 Å². The number of fused-ring (bicyclic) bond motifs is 4. The number of aliphatic hydroxyl groups excluding tert-OH is 1. The van der Waals surface area contributed by atoms with Crippen LogP contribution in [-0.4, -0.2) is 24.5 Å². The molecule has 1 aliphatic carbocycles. The number of hydrogen-bond donors (Lipinski definition) is 2. The molecule has 20 heavy (non-hydrogen) atoms. The Morgan fingerprint density at radius 2 is 2.20 bits per heavy atom. The molecule has 2 unspecified atom stereocenters. The smallest absolute Gasteiger partial charge is 0.226 e. The first-order valence-electron chi connectivity index (χ1n) is 6.69. The van der Waals surface area contributed by atoms with Crippen LogP contribution in [-0.2, 0) is 4.74 Å². The molecule has 4 nitrogen and oxygen atoms in total. The monoisotopic (exact) mass is 269 g/mol. The van der Waals surface area contributed by atoms with E-state index in [4.69, 9.17) is 9.47 Å². The molecule has 2 N–H and O–H groups in total. The second-order valence-corrected chi connectivity index (χ2v) is 5.10. The van der Waals surface area contributed by atoms with Gasteiger partial charge in [0.05, 0.1) is 18.8 Å². The fourth-order valence-corrected chi connectivity index (χ4v) is 3.06. The van der Waals surface area contributed by atoms with Gasteiger partial charge in [-0.2, -0.15) is 0 Å². The van der Waals surface area contributed by atoms with Crippen LogP contribution in [0.5, 0.6) is 5.75 Å². The maximum atomic E-state index is 10.3. The Hall–Kier alpha value is -2.20. The average molecular weight is 269 g/mol. The lowest BCUT2D eigenvalue weighted by molar-refractivity contribution is 0.0144. The van der Waals surface area contributed by atoms with Crippen LogP contribution >= 0.6 is 0 Å². The van der Waals surface area contributed by atoms with Gasteiger partial charge in [0.15, 0.2) is 0 Å². The Morgan fingerprint density at radius 3 is 3.05 bits per heavy atom. The molecule has 4 rings (SSSR count). The van der Waals surface area contributed by atoms with Crippen LogP contribution < -0.4 is 10.1 Å². The molecule has 2 aliphatic heterocycles. The van der Waals surface area contributed by atoms with E-state index < -0.39 is 6.29 Å². The second kappa shape index (κ2) is 4.15. The number of allylic oxidation sites excluding steroid dienone is 1. The van der Waals surface area contributed by atoms with E-state index >= 15 is 0 Å². The number of aliphatic hydroxyl groups is 1. The number of methoxy groups -OCH3 is 1. The van der Waals surface area contributed by atoms with Crippen molar-refractivity contribution in [2.24, 2.45) is 0 Å². The third kappa shape index (κ3) is 1.51. The van der Waals surface area contributed by atoms with Crippen LogP contribution in [0.4, 0.5) is 0 Å². The Bertz CT molecular complexity index is 672. The molecule has 1 aromatic carbocycles. The first-order valence-corrected chi connectivity index (χ1v) is 6.69. The number of rotatable bonds is 1. The van der Waals surface area contributed by atoms with Crippen molar-refractivity contribution in [3.63, 3.8) is 0 Å². The lowest BCUT2D eigenvalue weighted by Gasteiger charge is -2.24. The van der Waals surface area contributed by atoms with Gasteiger partial charge < -0.3 is 19.9 Å². The van der Waals surface area contributed by atoms with Gasteiger partial charge in [0.1, 0.15) is 11.5 Å². The normalized spacial score (nSPS) is 26.5. The van der Waals surface area contributed by atoms with E-state index in [1.54, 1.807) is 7.11 Å². The van der Waals surface area contributed by atoms with Gasteiger partial charge in [-0.05, 0) is 36.3 Å². The van der Waals surface area contributed by atoms with Crippen LogP contribution in [0.2, 0.25) is 0 Å². The zero-order valence-electron chi connectivity index (χ0n) is 11.1. The van der Waals surface area contributed by atoms with Crippen molar-refractivity contribution in [1.82, 2.24) is 5.32 Å². The summed E-state index contributed by atoms with van der Waals surface area (Å²) in [5.41, 5.74) is 3.86. The first-order chi connectivity index (χ1) is 9.78. The molecular formula is C16H15NO3. The SMILES string of the molecule is COC1=CCC2NC3=C(C2=C1)C(O)Oc1ccccc13. The number of para-hydroxylation sites is 1. The minimum absolute atomic E-state index is 0.184. The van der Waals surface area contributed by atoms with Crippen molar-refractivity contribution >= 4 is 5.70 Å². The minimum atomic E-state index is -0.931. The number of nitrogens with one attached hydrogen (secondary N) is 1. The summed E-state index contributed by atoms with van der Waals surface area (Å²) in [4.78, 5) is 0. The topological polar surface area (TPSA) is 50.7 Å². The van der Waals surface area contributed by atoms with Gasteiger partial charge >= 0.3 is 0 Å². The summed E-state index contributed by atoms with van der Waals surface area (Å²) in [5.74, 6) is 1.54. The highest BCUT2D eigenvalue weighted by Crippen LogP contribution is 2.43. The molecule has 0 amide bonds. The zero-order chi connectivity index (χ0) is 13.7. The number of hydrogen-bond acceptors (Lipinski definition) is 4. The third-order valence-corrected chi connectivity index (χ3v) is 4.00. The summed E-state index contributed by atoms with van der Waals surface area (Å²) in [6, 6.07) is 7.94. The van der Waals surface area contributed by atoms with Gasteiger partial charge in [0.25, 0.3) is 0 Å². The van der Waals surface area contributed by atoms with Crippen molar-refractivity contribution in [2.75, 3.05) is 7.11 Å². The largest absolute Gasteiger partial charge is 0.497 e. The Kier molecular flexibility index (Phi) is 2.41. The first kappa shape index (κ1) is 11.6. The molecule has 2 atom stereocenters. The van der Waals surface area contributed by atoms with Crippen molar-refractivity contribution in [3.05, 3.63) is 58.9 Å². The van der Waals surface area contributed by atoms with Crippen LogP contribution in [0.3, 0.4) is 0 Å². The maximum Gasteiger partial charge on any atom is 0.226 e. The lowest BCUT2D eigenvalue weighted by Crippen LogP contribution is -2.25. The van der Waals surface area contributed by atoms with Crippen LogP contribution in [0.15, 0.2) is 53.3 Å². The molecule has 2 heterocycles. The summed E-state index contributed by atoms with van der Waals surface area (Å²) >= 11 is 0. The molecule has 1 aromatic rings. The van der Waals surface area contributed by atoms with E-state index in [1.807, 2.05) is 30.3 Å². The Labute approximate surface area is 117 Å². The highest BCUT2D eigenvalue weighted by atomic mass is 16.6. The van der Waals surface area contributed by atoms with Gasteiger partial charge in [-0.1, -0.05) is 12.1 Å². The lowest BCUT2D eigenvalue weighted by atomic mass is 9.92. The molecule has 3 aliphatic rings. The van der Waals surface area contributed by atoms with E-state index in [-0.39, 0.29) is 6.04 Å². The quantitative estimate of drug-likeness (QED) is 0.818. The van der Waals surface area contributed by atoms with Crippen LogP contribution in [0.1, 0.15) is 12.0 Å².